The maximum Gasteiger partial charge on any atom is 0.258 e. The third-order valence-corrected chi connectivity index (χ3v) is 3.27. The summed E-state index contributed by atoms with van der Waals surface area (Å²) in [5, 5.41) is 2.83. The van der Waals surface area contributed by atoms with Crippen LogP contribution < -0.4 is 15.8 Å². The first-order valence-corrected chi connectivity index (χ1v) is 7.21. The van der Waals surface area contributed by atoms with Gasteiger partial charge in [-0.05, 0) is 51.3 Å². The standard InChI is InChI=1S/C16H25FN2O2/c1-5-16(3,4)19-15(20)10-21-14-7-6-12(8-11(2)18)9-13(14)17/h6-7,9,11H,5,8,10,18H2,1-4H3,(H,19,20). The number of nitrogens with one attached hydrogen (secondary N) is 1. The molecule has 0 radical (unpaired) electrons. The van der Waals surface area contributed by atoms with Gasteiger partial charge in [-0.2, -0.15) is 0 Å². The molecule has 4 nitrogen and oxygen atoms in total. The summed E-state index contributed by atoms with van der Waals surface area (Å²) >= 11 is 0. The van der Waals surface area contributed by atoms with Crippen LogP contribution in [-0.4, -0.2) is 24.1 Å². The molecule has 21 heavy (non-hydrogen) atoms. The lowest BCUT2D eigenvalue weighted by Gasteiger charge is -2.24. The quantitative estimate of drug-likeness (QED) is 0.812. The molecule has 1 aromatic rings. The van der Waals surface area contributed by atoms with Crippen LogP contribution in [0.25, 0.3) is 0 Å². The van der Waals surface area contributed by atoms with Crippen molar-refractivity contribution in [1.29, 1.82) is 0 Å². The minimum Gasteiger partial charge on any atom is -0.481 e. The van der Waals surface area contributed by atoms with Crippen molar-refractivity contribution in [1.82, 2.24) is 5.32 Å². The number of rotatable bonds is 7. The van der Waals surface area contributed by atoms with Crippen molar-refractivity contribution in [2.75, 3.05) is 6.61 Å². The number of hydrogen-bond donors (Lipinski definition) is 2. The first kappa shape index (κ1) is 17.4. The Morgan fingerprint density at radius 2 is 2.14 bits per heavy atom. The summed E-state index contributed by atoms with van der Waals surface area (Å²) in [4.78, 5) is 11.7. The van der Waals surface area contributed by atoms with Gasteiger partial charge in [0.05, 0.1) is 0 Å². The smallest absolute Gasteiger partial charge is 0.258 e. The minimum atomic E-state index is -0.476. The summed E-state index contributed by atoms with van der Waals surface area (Å²) in [6.07, 6.45) is 1.40. The van der Waals surface area contributed by atoms with Crippen LogP contribution >= 0.6 is 0 Å². The van der Waals surface area contributed by atoms with Crippen molar-refractivity contribution < 1.29 is 13.9 Å². The first-order valence-electron chi connectivity index (χ1n) is 7.21. The molecule has 0 aliphatic heterocycles. The van der Waals surface area contributed by atoms with Crippen LogP contribution in [0.3, 0.4) is 0 Å². The molecule has 1 atom stereocenters. The van der Waals surface area contributed by atoms with Gasteiger partial charge in [-0.3, -0.25) is 4.79 Å². The van der Waals surface area contributed by atoms with Crippen molar-refractivity contribution in [3.63, 3.8) is 0 Å². The number of ether oxygens (including phenoxy) is 1. The highest BCUT2D eigenvalue weighted by Crippen LogP contribution is 2.19. The lowest BCUT2D eigenvalue weighted by atomic mass is 10.0. The van der Waals surface area contributed by atoms with Gasteiger partial charge in [-0.1, -0.05) is 13.0 Å². The van der Waals surface area contributed by atoms with Gasteiger partial charge in [-0.15, -0.1) is 0 Å². The predicted molar refractivity (Wildman–Crippen MR) is 81.8 cm³/mol. The Labute approximate surface area is 125 Å². The zero-order valence-corrected chi connectivity index (χ0v) is 13.2. The fraction of sp³-hybridized carbons (Fsp3) is 0.562. The van der Waals surface area contributed by atoms with Gasteiger partial charge in [-0.25, -0.2) is 4.39 Å². The van der Waals surface area contributed by atoms with Crippen LogP contribution in [0.5, 0.6) is 5.75 Å². The lowest BCUT2D eigenvalue weighted by molar-refractivity contribution is -0.124. The van der Waals surface area contributed by atoms with E-state index in [0.29, 0.717) is 6.42 Å². The molecule has 0 spiro atoms. The normalized spacial score (nSPS) is 12.9. The van der Waals surface area contributed by atoms with Gasteiger partial charge in [0.25, 0.3) is 5.91 Å². The molecule has 3 N–H and O–H groups in total. The van der Waals surface area contributed by atoms with Gasteiger partial charge in [0.15, 0.2) is 18.2 Å². The molecule has 1 aromatic carbocycles. The van der Waals surface area contributed by atoms with E-state index in [9.17, 15) is 9.18 Å². The van der Waals surface area contributed by atoms with E-state index >= 15 is 0 Å². The average Bonchev–Trinajstić information content (AvgIpc) is 2.36. The molecule has 0 aliphatic rings. The molecule has 0 heterocycles. The van der Waals surface area contributed by atoms with E-state index in [1.165, 1.54) is 12.1 Å². The van der Waals surface area contributed by atoms with Crippen molar-refractivity contribution >= 4 is 5.91 Å². The summed E-state index contributed by atoms with van der Waals surface area (Å²) in [5.41, 5.74) is 6.20. The van der Waals surface area contributed by atoms with Gasteiger partial charge in [0.1, 0.15) is 0 Å². The third kappa shape index (κ3) is 6.12. The highest BCUT2D eigenvalue weighted by atomic mass is 19.1. The van der Waals surface area contributed by atoms with Crippen LogP contribution in [0.15, 0.2) is 18.2 Å². The number of carbonyl (C=O) groups excluding carboxylic acids is 1. The summed E-state index contributed by atoms with van der Waals surface area (Å²) in [6.45, 7) is 7.50. The number of carbonyl (C=O) groups is 1. The van der Waals surface area contributed by atoms with E-state index in [4.69, 9.17) is 10.5 Å². The molecule has 0 saturated carbocycles. The van der Waals surface area contributed by atoms with Crippen molar-refractivity contribution in [3.05, 3.63) is 29.6 Å². The molecule has 1 amide bonds. The average molecular weight is 296 g/mol. The van der Waals surface area contributed by atoms with E-state index in [0.717, 1.165) is 12.0 Å². The first-order chi connectivity index (χ1) is 9.73. The number of nitrogens with two attached hydrogens (primary N) is 1. The molecule has 0 aromatic heterocycles. The monoisotopic (exact) mass is 296 g/mol. The molecule has 0 saturated heterocycles. The Bertz CT molecular complexity index is 487. The van der Waals surface area contributed by atoms with Crippen LogP contribution in [0.4, 0.5) is 4.39 Å². The molecule has 0 aliphatic carbocycles. The third-order valence-electron chi connectivity index (χ3n) is 3.27. The van der Waals surface area contributed by atoms with E-state index < -0.39 is 5.82 Å². The summed E-state index contributed by atoms with van der Waals surface area (Å²) in [6, 6.07) is 4.66. The zero-order valence-electron chi connectivity index (χ0n) is 13.2. The Hall–Kier alpha value is -1.62. The number of benzene rings is 1. The highest BCUT2D eigenvalue weighted by molar-refractivity contribution is 5.78. The van der Waals surface area contributed by atoms with E-state index in [1.807, 2.05) is 27.7 Å². The van der Waals surface area contributed by atoms with Crippen LogP contribution in [0, 0.1) is 5.82 Å². The van der Waals surface area contributed by atoms with E-state index in [1.54, 1.807) is 6.07 Å². The second-order valence-corrected chi connectivity index (χ2v) is 6.02. The van der Waals surface area contributed by atoms with Crippen LogP contribution in [0.1, 0.15) is 39.7 Å². The molecule has 1 rings (SSSR count). The molecule has 118 valence electrons. The maximum atomic E-state index is 13.9. The molecular formula is C16H25FN2O2. The van der Waals surface area contributed by atoms with E-state index in [2.05, 4.69) is 5.32 Å². The second-order valence-electron chi connectivity index (χ2n) is 6.02. The zero-order chi connectivity index (χ0) is 16.0. The van der Waals surface area contributed by atoms with Crippen molar-refractivity contribution in [2.24, 2.45) is 5.73 Å². The van der Waals surface area contributed by atoms with Crippen LogP contribution in [-0.2, 0) is 11.2 Å². The molecular weight excluding hydrogens is 271 g/mol. The highest BCUT2D eigenvalue weighted by Gasteiger charge is 2.18. The SMILES string of the molecule is CCC(C)(C)NC(=O)COc1ccc(CC(C)N)cc1F. The summed E-state index contributed by atoms with van der Waals surface area (Å²) in [5.74, 6) is -0.663. The molecule has 5 heteroatoms. The van der Waals surface area contributed by atoms with Crippen LogP contribution in [0.2, 0.25) is 0 Å². The largest absolute Gasteiger partial charge is 0.481 e. The summed E-state index contributed by atoms with van der Waals surface area (Å²) < 4.78 is 19.1. The summed E-state index contributed by atoms with van der Waals surface area (Å²) in [7, 11) is 0. The Morgan fingerprint density at radius 1 is 1.48 bits per heavy atom. The fourth-order valence-electron chi connectivity index (χ4n) is 1.81. The van der Waals surface area contributed by atoms with Gasteiger partial charge >= 0.3 is 0 Å². The van der Waals surface area contributed by atoms with Gasteiger partial charge in [0.2, 0.25) is 0 Å². The Kier molecular flexibility index (Phi) is 6.15. The van der Waals surface area contributed by atoms with Crippen molar-refractivity contribution in [2.45, 2.75) is 52.1 Å². The van der Waals surface area contributed by atoms with Gasteiger partial charge in [0, 0.05) is 11.6 Å². The van der Waals surface area contributed by atoms with E-state index in [-0.39, 0.29) is 29.8 Å². The number of amides is 1. The predicted octanol–water partition coefficient (Wildman–Crippen LogP) is 2.40. The number of halogens is 1. The fourth-order valence-corrected chi connectivity index (χ4v) is 1.81. The molecule has 0 fully saturated rings. The lowest BCUT2D eigenvalue weighted by Crippen LogP contribution is -2.44. The van der Waals surface area contributed by atoms with Crippen molar-refractivity contribution in [3.8, 4) is 5.75 Å². The number of hydrogen-bond acceptors (Lipinski definition) is 3. The minimum absolute atomic E-state index is 0.0294. The Balaban J connectivity index is 2.58. The molecule has 1 unspecified atom stereocenters. The topological polar surface area (TPSA) is 64.3 Å². The maximum absolute atomic E-state index is 13.9. The Morgan fingerprint density at radius 3 is 2.67 bits per heavy atom. The van der Waals surface area contributed by atoms with Gasteiger partial charge < -0.3 is 15.8 Å². The molecule has 0 bridgehead atoms. The second kappa shape index (κ2) is 7.41.